The van der Waals surface area contributed by atoms with Crippen LogP contribution in [0.15, 0.2) is 41.8 Å². The Morgan fingerprint density at radius 2 is 1.88 bits per heavy atom. The molecule has 1 aromatic carbocycles. The monoisotopic (exact) mass is 387 g/mol. The van der Waals surface area contributed by atoms with Crippen LogP contribution in [0.4, 0.5) is 20.2 Å². The lowest BCUT2D eigenvalue weighted by molar-refractivity contribution is -0.118. The van der Waals surface area contributed by atoms with Gasteiger partial charge >= 0.3 is 0 Å². The molecule has 1 aromatic heterocycles. The molecule has 0 saturated carbocycles. The van der Waals surface area contributed by atoms with Crippen molar-refractivity contribution in [2.24, 2.45) is 0 Å². The first kappa shape index (κ1) is 19.3. The fourth-order valence-corrected chi connectivity index (χ4v) is 3.02. The third-order valence-corrected chi connectivity index (χ3v) is 4.43. The van der Waals surface area contributed by atoms with Crippen LogP contribution in [-0.4, -0.2) is 30.3 Å². The number of benzene rings is 1. The standard InChI is InChI=1S/C16H15F2N3O2S.ClH/c17-16(18)8-12(19-9-16)14(22)20-10-3-1-4-11(7-10)21-15(23)13-5-2-6-24-13;/h1-7,12,19H,8-9H2,(H,20,22)(H,21,23);1H. The maximum Gasteiger partial charge on any atom is 0.265 e. The van der Waals surface area contributed by atoms with Crippen LogP contribution < -0.4 is 16.0 Å². The molecule has 1 aliphatic heterocycles. The summed E-state index contributed by atoms with van der Waals surface area (Å²) in [6.07, 6.45) is -0.520. The molecule has 2 amide bonds. The van der Waals surface area contributed by atoms with E-state index in [9.17, 15) is 18.4 Å². The van der Waals surface area contributed by atoms with E-state index in [2.05, 4.69) is 16.0 Å². The van der Waals surface area contributed by atoms with Gasteiger partial charge in [0.15, 0.2) is 0 Å². The molecule has 0 bridgehead atoms. The SMILES string of the molecule is Cl.O=C(Nc1cccc(NC(=O)C2CC(F)(F)CN2)c1)c1cccs1. The zero-order chi connectivity index (χ0) is 17.2. The van der Waals surface area contributed by atoms with E-state index in [0.717, 1.165) is 0 Å². The van der Waals surface area contributed by atoms with Crippen molar-refractivity contribution in [3.8, 4) is 0 Å². The summed E-state index contributed by atoms with van der Waals surface area (Å²) < 4.78 is 26.3. The lowest BCUT2D eigenvalue weighted by Gasteiger charge is -2.12. The molecule has 134 valence electrons. The Balaban J connectivity index is 0.00000225. The summed E-state index contributed by atoms with van der Waals surface area (Å²) in [5.41, 5.74) is 0.942. The Labute approximate surface area is 153 Å². The van der Waals surface area contributed by atoms with Crippen LogP contribution in [0.3, 0.4) is 0 Å². The second-order valence-electron chi connectivity index (χ2n) is 5.50. The van der Waals surface area contributed by atoms with Crippen LogP contribution >= 0.6 is 23.7 Å². The van der Waals surface area contributed by atoms with Gasteiger partial charge in [-0.25, -0.2) is 8.78 Å². The van der Waals surface area contributed by atoms with E-state index in [-0.39, 0.29) is 18.3 Å². The summed E-state index contributed by atoms with van der Waals surface area (Å²) in [6.45, 7) is -0.498. The molecular formula is C16H16ClF2N3O2S. The second-order valence-corrected chi connectivity index (χ2v) is 6.44. The molecule has 1 fully saturated rings. The molecule has 1 aliphatic rings. The Bertz CT molecular complexity index is 756. The first-order valence-electron chi connectivity index (χ1n) is 7.30. The number of thiophene rings is 1. The van der Waals surface area contributed by atoms with E-state index in [1.165, 1.54) is 11.3 Å². The van der Waals surface area contributed by atoms with Gasteiger partial charge in [-0.15, -0.1) is 23.7 Å². The van der Waals surface area contributed by atoms with Gasteiger partial charge in [0.05, 0.1) is 17.5 Å². The predicted molar refractivity (Wildman–Crippen MR) is 95.9 cm³/mol. The Hall–Kier alpha value is -2.03. The van der Waals surface area contributed by atoms with Crippen molar-refractivity contribution in [2.75, 3.05) is 17.2 Å². The number of hydrogen-bond acceptors (Lipinski definition) is 4. The van der Waals surface area contributed by atoms with Gasteiger partial charge in [-0.3, -0.25) is 14.9 Å². The molecule has 3 N–H and O–H groups in total. The van der Waals surface area contributed by atoms with Crippen molar-refractivity contribution in [1.29, 1.82) is 0 Å². The average Bonchev–Trinajstić information content (AvgIpc) is 3.17. The molecule has 25 heavy (non-hydrogen) atoms. The van der Waals surface area contributed by atoms with E-state index < -0.39 is 30.8 Å². The van der Waals surface area contributed by atoms with Crippen molar-refractivity contribution >= 4 is 46.9 Å². The lowest BCUT2D eigenvalue weighted by Crippen LogP contribution is -2.35. The van der Waals surface area contributed by atoms with Gasteiger partial charge in [-0.2, -0.15) is 0 Å². The summed E-state index contributed by atoms with van der Waals surface area (Å²) >= 11 is 1.32. The van der Waals surface area contributed by atoms with Crippen molar-refractivity contribution in [3.63, 3.8) is 0 Å². The average molecular weight is 388 g/mol. The van der Waals surface area contributed by atoms with Gasteiger partial charge in [0.1, 0.15) is 0 Å². The van der Waals surface area contributed by atoms with Gasteiger partial charge in [-0.05, 0) is 29.6 Å². The third-order valence-electron chi connectivity index (χ3n) is 3.56. The fourth-order valence-electron chi connectivity index (χ4n) is 2.41. The normalized spacial score (nSPS) is 18.2. The van der Waals surface area contributed by atoms with Gasteiger partial charge in [0.25, 0.3) is 11.8 Å². The quantitative estimate of drug-likeness (QED) is 0.753. The number of alkyl halides is 2. The van der Waals surface area contributed by atoms with Crippen LogP contribution in [0.25, 0.3) is 0 Å². The molecule has 9 heteroatoms. The van der Waals surface area contributed by atoms with Gasteiger partial charge in [0, 0.05) is 17.8 Å². The number of nitrogens with one attached hydrogen (secondary N) is 3. The highest BCUT2D eigenvalue weighted by atomic mass is 35.5. The smallest absolute Gasteiger partial charge is 0.265 e. The molecule has 0 spiro atoms. The molecule has 1 unspecified atom stereocenters. The van der Waals surface area contributed by atoms with Crippen molar-refractivity contribution < 1.29 is 18.4 Å². The molecular weight excluding hydrogens is 372 g/mol. The zero-order valence-corrected chi connectivity index (χ0v) is 14.6. The van der Waals surface area contributed by atoms with Crippen LogP contribution in [0.2, 0.25) is 0 Å². The Morgan fingerprint density at radius 3 is 2.48 bits per heavy atom. The van der Waals surface area contributed by atoms with E-state index in [1.54, 1.807) is 41.8 Å². The maximum absolute atomic E-state index is 13.1. The minimum atomic E-state index is -2.86. The molecule has 0 aliphatic carbocycles. The first-order chi connectivity index (χ1) is 11.4. The lowest BCUT2D eigenvalue weighted by atomic mass is 10.1. The number of rotatable bonds is 4. The topological polar surface area (TPSA) is 70.2 Å². The van der Waals surface area contributed by atoms with Crippen molar-refractivity contribution in [2.45, 2.75) is 18.4 Å². The third kappa shape index (κ3) is 4.97. The van der Waals surface area contributed by atoms with Gasteiger partial charge in [-0.1, -0.05) is 12.1 Å². The number of carbonyl (C=O) groups is 2. The number of halogens is 3. The zero-order valence-electron chi connectivity index (χ0n) is 12.9. The Kier molecular flexibility index (Phi) is 6.10. The maximum atomic E-state index is 13.1. The van der Waals surface area contributed by atoms with Gasteiger partial charge in [0.2, 0.25) is 5.91 Å². The van der Waals surface area contributed by atoms with E-state index in [1.807, 2.05) is 0 Å². The van der Waals surface area contributed by atoms with E-state index in [0.29, 0.717) is 16.3 Å². The highest BCUT2D eigenvalue weighted by Gasteiger charge is 2.42. The molecule has 3 rings (SSSR count). The van der Waals surface area contributed by atoms with Gasteiger partial charge < -0.3 is 10.6 Å². The van der Waals surface area contributed by atoms with E-state index in [4.69, 9.17) is 0 Å². The molecule has 1 saturated heterocycles. The first-order valence-corrected chi connectivity index (χ1v) is 8.18. The highest BCUT2D eigenvalue weighted by Crippen LogP contribution is 2.26. The van der Waals surface area contributed by atoms with Crippen LogP contribution in [-0.2, 0) is 4.79 Å². The number of anilines is 2. The van der Waals surface area contributed by atoms with Crippen LogP contribution in [0, 0.1) is 0 Å². The minimum absolute atomic E-state index is 0. The summed E-state index contributed by atoms with van der Waals surface area (Å²) in [5.74, 6) is -3.63. The molecule has 0 radical (unpaired) electrons. The summed E-state index contributed by atoms with van der Waals surface area (Å²) in [4.78, 5) is 24.6. The largest absolute Gasteiger partial charge is 0.325 e. The van der Waals surface area contributed by atoms with Crippen LogP contribution in [0.5, 0.6) is 0 Å². The fraction of sp³-hybridized carbons (Fsp3) is 0.250. The summed E-state index contributed by atoms with van der Waals surface area (Å²) in [6, 6.07) is 9.12. The number of hydrogen-bond donors (Lipinski definition) is 3. The highest BCUT2D eigenvalue weighted by molar-refractivity contribution is 7.12. The van der Waals surface area contributed by atoms with Crippen molar-refractivity contribution in [3.05, 3.63) is 46.7 Å². The van der Waals surface area contributed by atoms with Crippen LogP contribution in [0.1, 0.15) is 16.1 Å². The summed E-state index contributed by atoms with van der Waals surface area (Å²) in [5, 5.41) is 9.62. The molecule has 5 nitrogen and oxygen atoms in total. The predicted octanol–water partition coefficient (Wildman–Crippen LogP) is 3.36. The van der Waals surface area contributed by atoms with E-state index >= 15 is 0 Å². The molecule has 2 heterocycles. The molecule has 2 aromatic rings. The Morgan fingerprint density at radius 1 is 1.16 bits per heavy atom. The minimum Gasteiger partial charge on any atom is -0.325 e. The molecule has 1 atom stereocenters. The number of carbonyl (C=O) groups excluding carboxylic acids is 2. The summed E-state index contributed by atoms with van der Waals surface area (Å²) in [7, 11) is 0. The number of amides is 2. The van der Waals surface area contributed by atoms with Crippen molar-refractivity contribution in [1.82, 2.24) is 5.32 Å². The second kappa shape index (κ2) is 7.90.